The van der Waals surface area contributed by atoms with Crippen molar-refractivity contribution in [1.29, 1.82) is 0 Å². The molecule has 0 aromatic heterocycles. The molecule has 1 heterocycles. The zero-order valence-corrected chi connectivity index (χ0v) is 9.07. The summed E-state index contributed by atoms with van der Waals surface area (Å²) in [5.41, 5.74) is 0.117. The van der Waals surface area contributed by atoms with Gasteiger partial charge in [-0.15, -0.1) is 0 Å². The van der Waals surface area contributed by atoms with Crippen LogP contribution in [0.3, 0.4) is 0 Å². The van der Waals surface area contributed by atoms with Gasteiger partial charge in [0.25, 0.3) is 0 Å². The summed E-state index contributed by atoms with van der Waals surface area (Å²) in [6.45, 7) is 7.58. The standard InChI is InChI=1S/C11H23NO/c1-3-4-5-9-13-11(2)7-6-8-12-10-11/h12H,3-10H2,1-2H3. The zero-order chi connectivity index (χ0) is 9.57. The molecule has 1 atom stereocenters. The first kappa shape index (κ1) is 11.0. The van der Waals surface area contributed by atoms with Crippen LogP contribution in [0.4, 0.5) is 0 Å². The Balaban J connectivity index is 2.10. The maximum Gasteiger partial charge on any atom is 0.0778 e. The largest absolute Gasteiger partial charge is 0.374 e. The molecule has 0 spiro atoms. The molecule has 1 N–H and O–H groups in total. The Morgan fingerprint density at radius 3 is 2.85 bits per heavy atom. The summed E-state index contributed by atoms with van der Waals surface area (Å²) in [4.78, 5) is 0. The number of rotatable bonds is 5. The van der Waals surface area contributed by atoms with Crippen LogP contribution in [-0.4, -0.2) is 25.3 Å². The van der Waals surface area contributed by atoms with Gasteiger partial charge in [0.1, 0.15) is 0 Å². The Morgan fingerprint density at radius 1 is 1.38 bits per heavy atom. The maximum absolute atomic E-state index is 5.91. The van der Waals surface area contributed by atoms with Gasteiger partial charge in [-0.1, -0.05) is 19.8 Å². The average Bonchev–Trinajstić information content (AvgIpc) is 2.14. The molecule has 78 valence electrons. The molecule has 2 heteroatoms. The van der Waals surface area contributed by atoms with Crippen molar-refractivity contribution in [1.82, 2.24) is 5.32 Å². The molecule has 0 aliphatic carbocycles. The van der Waals surface area contributed by atoms with E-state index in [1.54, 1.807) is 0 Å². The fraction of sp³-hybridized carbons (Fsp3) is 1.00. The Labute approximate surface area is 82.0 Å². The van der Waals surface area contributed by atoms with E-state index >= 15 is 0 Å². The van der Waals surface area contributed by atoms with Gasteiger partial charge >= 0.3 is 0 Å². The summed E-state index contributed by atoms with van der Waals surface area (Å²) in [7, 11) is 0. The van der Waals surface area contributed by atoms with Gasteiger partial charge in [-0.05, 0) is 32.7 Å². The van der Waals surface area contributed by atoms with Crippen molar-refractivity contribution in [2.45, 2.75) is 51.6 Å². The molecule has 1 rings (SSSR count). The van der Waals surface area contributed by atoms with E-state index in [1.165, 1.54) is 32.1 Å². The summed E-state index contributed by atoms with van der Waals surface area (Å²) in [6, 6.07) is 0. The fourth-order valence-corrected chi connectivity index (χ4v) is 1.82. The van der Waals surface area contributed by atoms with E-state index in [9.17, 15) is 0 Å². The molecule has 0 saturated carbocycles. The Kier molecular flexibility index (Phi) is 4.74. The van der Waals surface area contributed by atoms with Crippen LogP contribution in [0.25, 0.3) is 0 Å². The van der Waals surface area contributed by atoms with Crippen LogP contribution in [0.1, 0.15) is 46.0 Å². The third-order valence-corrected chi connectivity index (χ3v) is 2.76. The van der Waals surface area contributed by atoms with Gasteiger partial charge in [0.05, 0.1) is 5.60 Å². The topological polar surface area (TPSA) is 21.3 Å². The van der Waals surface area contributed by atoms with Gasteiger partial charge in [-0.3, -0.25) is 0 Å². The minimum atomic E-state index is 0.117. The number of hydrogen-bond donors (Lipinski definition) is 1. The number of hydrogen-bond acceptors (Lipinski definition) is 2. The van der Waals surface area contributed by atoms with E-state index < -0.39 is 0 Å². The Bertz CT molecular complexity index is 130. The fourth-order valence-electron chi connectivity index (χ4n) is 1.82. The van der Waals surface area contributed by atoms with Gasteiger partial charge in [0.2, 0.25) is 0 Å². The molecular weight excluding hydrogens is 162 g/mol. The molecular formula is C11H23NO. The van der Waals surface area contributed by atoms with E-state index in [0.29, 0.717) is 0 Å². The maximum atomic E-state index is 5.91. The number of nitrogens with one attached hydrogen (secondary N) is 1. The number of unbranched alkanes of at least 4 members (excludes halogenated alkanes) is 2. The van der Waals surface area contributed by atoms with Gasteiger partial charge in [-0.25, -0.2) is 0 Å². The summed E-state index contributed by atoms with van der Waals surface area (Å²) < 4.78 is 5.91. The molecule has 0 amide bonds. The van der Waals surface area contributed by atoms with Crippen LogP contribution in [0.5, 0.6) is 0 Å². The quantitative estimate of drug-likeness (QED) is 0.664. The minimum Gasteiger partial charge on any atom is -0.374 e. The highest BCUT2D eigenvalue weighted by atomic mass is 16.5. The lowest BCUT2D eigenvalue weighted by Gasteiger charge is -2.34. The predicted molar refractivity (Wildman–Crippen MR) is 56.0 cm³/mol. The molecule has 1 fully saturated rings. The van der Waals surface area contributed by atoms with E-state index in [-0.39, 0.29) is 5.60 Å². The first-order chi connectivity index (χ1) is 6.27. The van der Waals surface area contributed by atoms with Crippen molar-refractivity contribution in [2.24, 2.45) is 0 Å². The van der Waals surface area contributed by atoms with Crippen LogP contribution >= 0.6 is 0 Å². The average molecular weight is 185 g/mol. The lowest BCUT2D eigenvalue weighted by Crippen LogP contribution is -2.45. The number of piperidine rings is 1. The molecule has 1 unspecified atom stereocenters. The Hall–Kier alpha value is -0.0800. The second kappa shape index (κ2) is 5.61. The normalized spacial score (nSPS) is 29.1. The van der Waals surface area contributed by atoms with Crippen LogP contribution in [0.15, 0.2) is 0 Å². The van der Waals surface area contributed by atoms with Crippen LogP contribution in [-0.2, 0) is 4.74 Å². The third kappa shape index (κ3) is 4.10. The smallest absolute Gasteiger partial charge is 0.0778 e. The van der Waals surface area contributed by atoms with Gasteiger partial charge in [-0.2, -0.15) is 0 Å². The highest BCUT2D eigenvalue weighted by molar-refractivity contribution is 4.82. The van der Waals surface area contributed by atoms with Crippen molar-refractivity contribution < 1.29 is 4.74 Å². The molecule has 0 radical (unpaired) electrons. The van der Waals surface area contributed by atoms with Crippen LogP contribution in [0, 0.1) is 0 Å². The minimum absolute atomic E-state index is 0.117. The van der Waals surface area contributed by atoms with E-state index in [0.717, 1.165) is 19.7 Å². The molecule has 1 saturated heterocycles. The van der Waals surface area contributed by atoms with E-state index in [1.807, 2.05) is 0 Å². The van der Waals surface area contributed by atoms with Crippen molar-refractivity contribution >= 4 is 0 Å². The summed E-state index contributed by atoms with van der Waals surface area (Å²) >= 11 is 0. The van der Waals surface area contributed by atoms with Gasteiger partial charge in [0.15, 0.2) is 0 Å². The highest BCUT2D eigenvalue weighted by Crippen LogP contribution is 2.20. The first-order valence-electron chi connectivity index (χ1n) is 5.61. The summed E-state index contributed by atoms with van der Waals surface area (Å²) in [5.74, 6) is 0. The summed E-state index contributed by atoms with van der Waals surface area (Å²) in [5, 5.41) is 3.39. The second-order valence-corrected chi connectivity index (χ2v) is 4.29. The number of ether oxygens (including phenoxy) is 1. The highest BCUT2D eigenvalue weighted by Gasteiger charge is 2.26. The Morgan fingerprint density at radius 2 is 2.23 bits per heavy atom. The second-order valence-electron chi connectivity index (χ2n) is 4.29. The predicted octanol–water partition coefficient (Wildman–Crippen LogP) is 2.34. The van der Waals surface area contributed by atoms with Crippen molar-refractivity contribution in [3.63, 3.8) is 0 Å². The van der Waals surface area contributed by atoms with Crippen LogP contribution < -0.4 is 5.32 Å². The third-order valence-electron chi connectivity index (χ3n) is 2.76. The van der Waals surface area contributed by atoms with Crippen molar-refractivity contribution in [2.75, 3.05) is 19.7 Å². The monoisotopic (exact) mass is 185 g/mol. The lowest BCUT2D eigenvalue weighted by molar-refractivity contribution is -0.0477. The van der Waals surface area contributed by atoms with Gasteiger partial charge < -0.3 is 10.1 Å². The van der Waals surface area contributed by atoms with Crippen molar-refractivity contribution in [3.05, 3.63) is 0 Å². The SMILES string of the molecule is CCCCCOC1(C)CCCNC1. The van der Waals surface area contributed by atoms with Crippen molar-refractivity contribution in [3.8, 4) is 0 Å². The lowest BCUT2D eigenvalue weighted by atomic mass is 9.96. The van der Waals surface area contributed by atoms with Crippen LogP contribution in [0.2, 0.25) is 0 Å². The molecule has 1 aliphatic rings. The molecule has 13 heavy (non-hydrogen) atoms. The molecule has 1 aliphatic heterocycles. The molecule has 0 bridgehead atoms. The van der Waals surface area contributed by atoms with E-state index in [2.05, 4.69) is 19.2 Å². The first-order valence-corrected chi connectivity index (χ1v) is 5.61. The van der Waals surface area contributed by atoms with Gasteiger partial charge in [0, 0.05) is 13.2 Å². The molecule has 0 aromatic rings. The van der Waals surface area contributed by atoms with E-state index in [4.69, 9.17) is 4.74 Å². The molecule has 0 aromatic carbocycles. The molecule has 2 nitrogen and oxygen atoms in total. The summed E-state index contributed by atoms with van der Waals surface area (Å²) in [6.07, 6.45) is 6.25. The zero-order valence-electron chi connectivity index (χ0n) is 9.07.